The highest BCUT2D eigenvalue weighted by Crippen LogP contribution is 2.36. The quantitative estimate of drug-likeness (QED) is 0.756. The van der Waals surface area contributed by atoms with Crippen molar-refractivity contribution in [1.82, 2.24) is 15.2 Å². The molecule has 1 aromatic carbocycles. The molecule has 1 fully saturated rings. The fourth-order valence-corrected chi connectivity index (χ4v) is 4.65. The Kier molecular flexibility index (Phi) is 4.81. The van der Waals surface area contributed by atoms with E-state index in [1.165, 1.54) is 27.6 Å². The smallest absolute Gasteiger partial charge is 0.0931 e. The first-order chi connectivity index (χ1) is 11.8. The maximum atomic E-state index is 6.24. The van der Waals surface area contributed by atoms with Gasteiger partial charge in [-0.3, -0.25) is 9.88 Å². The zero-order valence-corrected chi connectivity index (χ0v) is 15.0. The number of rotatable bonds is 3. The molecule has 0 saturated carbocycles. The van der Waals surface area contributed by atoms with Crippen LogP contribution >= 0.6 is 22.9 Å². The van der Waals surface area contributed by atoms with E-state index in [9.17, 15) is 0 Å². The van der Waals surface area contributed by atoms with Crippen LogP contribution in [0.5, 0.6) is 0 Å². The monoisotopic (exact) mass is 357 g/mol. The van der Waals surface area contributed by atoms with Gasteiger partial charge in [0.1, 0.15) is 0 Å². The number of hydrogen-bond donors (Lipinski definition) is 1. The number of benzene rings is 1. The minimum Gasteiger partial charge on any atom is -0.315 e. The molecule has 0 radical (unpaired) electrons. The lowest BCUT2D eigenvalue weighted by Crippen LogP contribution is -2.32. The summed E-state index contributed by atoms with van der Waals surface area (Å²) in [5.74, 6) is 0. The van der Waals surface area contributed by atoms with Gasteiger partial charge < -0.3 is 5.32 Å². The van der Waals surface area contributed by atoms with E-state index in [0.717, 1.165) is 30.5 Å². The summed E-state index contributed by atoms with van der Waals surface area (Å²) in [6.45, 7) is 4.28. The topological polar surface area (TPSA) is 28.2 Å². The summed E-state index contributed by atoms with van der Waals surface area (Å²) in [6, 6.07) is 13.2. The normalized spacial score (nSPS) is 17.7. The minimum absolute atomic E-state index is 0.264. The Labute approximate surface area is 151 Å². The average molecular weight is 358 g/mol. The van der Waals surface area contributed by atoms with Gasteiger partial charge >= 0.3 is 0 Å². The Balaban J connectivity index is 1.77. The zero-order chi connectivity index (χ0) is 16.4. The Morgan fingerprint density at radius 3 is 2.92 bits per heavy atom. The lowest BCUT2D eigenvalue weighted by Gasteiger charge is -2.30. The molecule has 1 saturated heterocycles. The second kappa shape index (κ2) is 7.19. The van der Waals surface area contributed by atoms with Gasteiger partial charge in [-0.25, -0.2) is 0 Å². The van der Waals surface area contributed by atoms with Crippen LogP contribution in [0.25, 0.3) is 10.8 Å². The summed E-state index contributed by atoms with van der Waals surface area (Å²) in [6.07, 6.45) is 4.96. The molecule has 0 aliphatic carbocycles. The average Bonchev–Trinajstić information content (AvgIpc) is 2.86. The third-order valence-electron chi connectivity index (χ3n) is 4.58. The predicted octanol–water partition coefficient (Wildman–Crippen LogP) is 4.33. The summed E-state index contributed by atoms with van der Waals surface area (Å²) in [5, 5.41) is 5.92. The number of thiophene rings is 1. The molecule has 5 heteroatoms. The van der Waals surface area contributed by atoms with Crippen molar-refractivity contribution in [1.29, 1.82) is 0 Å². The molecule has 1 aliphatic heterocycles. The van der Waals surface area contributed by atoms with Crippen LogP contribution in [0.15, 0.2) is 48.8 Å². The lowest BCUT2D eigenvalue weighted by molar-refractivity contribution is 0.244. The molecule has 4 rings (SSSR count). The van der Waals surface area contributed by atoms with Gasteiger partial charge in [0.2, 0.25) is 0 Å². The van der Waals surface area contributed by atoms with E-state index >= 15 is 0 Å². The SMILES string of the molecule is Clc1ccc(C(c2ccc3cnccc3c2)N2CCCNCC2)s1. The van der Waals surface area contributed by atoms with Crippen molar-refractivity contribution in [3.8, 4) is 0 Å². The van der Waals surface area contributed by atoms with Crippen molar-refractivity contribution in [3.05, 3.63) is 63.6 Å². The molecule has 1 unspecified atom stereocenters. The van der Waals surface area contributed by atoms with Gasteiger partial charge in [-0.1, -0.05) is 23.7 Å². The van der Waals surface area contributed by atoms with Gasteiger partial charge in [-0.05, 0) is 48.2 Å². The Morgan fingerprint density at radius 2 is 2.04 bits per heavy atom. The van der Waals surface area contributed by atoms with Gasteiger partial charge in [0.15, 0.2) is 0 Å². The molecule has 1 atom stereocenters. The van der Waals surface area contributed by atoms with E-state index in [1.807, 2.05) is 18.5 Å². The number of nitrogens with zero attached hydrogens (tertiary/aromatic N) is 2. The van der Waals surface area contributed by atoms with Crippen LogP contribution in [0.4, 0.5) is 0 Å². The third kappa shape index (κ3) is 3.33. The maximum Gasteiger partial charge on any atom is 0.0931 e. The summed E-state index contributed by atoms with van der Waals surface area (Å²) in [7, 11) is 0. The summed E-state index contributed by atoms with van der Waals surface area (Å²) >= 11 is 7.93. The number of nitrogens with one attached hydrogen (secondary N) is 1. The number of hydrogen-bond acceptors (Lipinski definition) is 4. The van der Waals surface area contributed by atoms with Gasteiger partial charge in [0.05, 0.1) is 10.4 Å². The molecular weight excluding hydrogens is 338 g/mol. The zero-order valence-electron chi connectivity index (χ0n) is 13.4. The van der Waals surface area contributed by atoms with E-state index in [4.69, 9.17) is 11.6 Å². The summed E-state index contributed by atoms with van der Waals surface area (Å²) < 4.78 is 0.855. The van der Waals surface area contributed by atoms with Crippen molar-refractivity contribution in [2.45, 2.75) is 12.5 Å². The fraction of sp³-hybridized carbons (Fsp3) is 0.316. The van der Waals surface area contributed by atoms with Gasteiger partial charge in [0.25, 0.3) is 0 Å². The van der Waals surface area contributed by atoms with E-state index in [1.54, 1.807) is 11.3 Å². The van der Waals surface area contributed by atoms with E-state index in [-0.39, 0.29) is 6.04 Å². The van der Waals surface area contributed by atoms with Crippen molar-refractivity contribution in [2.75, 3.05) is 26.2 Å². The molecule has 1 aliphatic rings. The molecule has 0 amide bonds. The number of aromatic nitrogens is 1. The highest BCUT2D eigenvalue weighted by atomic mass is 35.5. The largest absolute Gasteiger partial charge is 0.315 e. The standard InChI is InChI=1S/C19H20ClN3S/c20-18-5-4-17(24-18)19(23-10-1-7-21-9-11-23)15-2-3-16-13-22-8-6-14(16)12-15/h2-6,8,12-13,19,21H,1,7,9-11H2. The lowest BCUT2D eigenvalue weighted by atomic mass is 10.00. The van der Waals surface area contributed by atoms with Crippen LogP contribution in [-0.4, -0.2) is 36.1 Å². The molecule has 2 aromatic heterocycles. The van der Waals surface area contributed by atoms with E-state index in [0.29, 0.717) is 0 Å². The molecule has 1 N–H and O–H groups in total. The van der Waals surface area contributed by atoms with Crippen LogP contribution in [-0.2, 0) is 0 Å². The van der Waals surface area contributed by atoms with Crippen LogP contribution in [0, 0.1) is 0 Å². The summed E-state index contributed by atoms with van der Waals surface area (Å²) in [4.78, 5) is 8.11. The minimum atomic E-state index is 0.264. The molecule has 24 heavy (non-hydrogen) atoms. The van der Waals surface area contributed by atoms with Crippen LogP contribution in [0.1, 0.15) is 22.9 Å². The molecule has 0 spiro atoms. The van der Waals surface area contributed by atoms with Gasteiger partial charge in [-0.15, -0.1) is 11.3 Å². The summed E-state index contributed by atoms with van der Waals surface area (Å²) in [5.41, 5.74) is 1.33. The first-order valence-corrected chi connectivity index (χ1v) is 9.54. The molecule has 124 valence electrons. The highest BCUT2D eigenvalue weighted by Gasteiger charge is 2.24. The molecule has 3 heterocycles. The Hall–Kier alpha value is -1.46. The van der Waals surface area contributed by atoms with Crippen molar-refractivity contribution < 1.29 is 0 Å². The van der Waals surface area contributed by atoms with Gasteiger partial charge in [0, 0.05) is 42.3 Å². The number of halogens is 1. The number of pyridine rings is 1. The van der Waals surface area contributed by atoms with Crippen LogP contribution < -0.4 is 5.32 Å². The van der Waals surface area contributed by atoms with Crippen molar-refractivity contribution in [2.24, 2.45) is 0 Å². The molecular formula is C19H20ClN3S. The van der Waals surface area contributed by atoms with Gasteiger partial charge in [-0.2, -0.15) is 0 Å². The first kappa shape index (κ1) is 16.0. The first-order valence-electron chi connectivity index (χ1n) is 8.35. The van der Waals surface area contributed by atoms with E-state index < -0.39 is 0 Å². The van der Waals surface area contributed by atoms with Crippen LogP contribution in [0.2, 0.25) is 4.34 Å². The van der Waals surface area contributed by atoms with E-state index in [2.05, 4.69) is 45.5 Å². The fourth-order valence-electron chi connectivity index (χ4n) is 3.43. The molecule has 3 nitrogen and oxygen atoms in total. The van der Waals surface area contributed by atoms with Crippen LogP contribution in [0.3, 0.4) is 0 Å². The second-order valence-electron chi connectivity index (χ2n) is 6.17. The predicted molar refractivity (Wildman–Crippen MR) is 102 cm³/mol. The number of fused-ring (bicyclic) bond motifs is 1. The third-order valence-corrected chi connectivity index (χ3v) is 5.87. The molecule has 3 aromatic rings. The highest BCUT2D eigenvalue weighted by molar-refractivity contribution is 7.16. The second-order valence-corrected chi connectivity index (χ2v) is 7.91. The van der Waals surface area contributed by atoms with Crippen molar-refractivity contribution in [3.63, 3.8) is 0 Å². The Morgan fingerprint density at radius 1 is 1.08 bits per heavy atom. The molecule has 0 bridgehead atoms. The Bertz CT molecular complexity index is 824. The maximum absolute atomic E-state index is 6.24. The van der Waals surface area contributed by atoms with Crippen molar-refractivity contribution >= 4 is 33.7 Å².